The van der Waals surface area contributed by atoms with Crippen LogP contribution < -0.4 is 10.9 Å². The van der Waals surface area contributed by atoms with Crippen LogP contribution in [-0.2, 0) is 11.3 Å². The molecule has 3 heterocycles. The average Bonchev–Trinajstić information content (AvgIpc) is 3.40. The first-order chi connectivity index (χ1) is 14.5. The molecule has 3 aromatic heterocycles. The van der Waals surface area contributed by atoms with E-state index in [1.807, 2.05) is 47.2 Å². The van der Waals surface area contributed by atoms with Crippen molar-refractivity contribution in [3.63, 3.8) is 0 Å². The van der Waals surface area contributed by atoms with Crippen LogP contribution in [0.15, 0.2) is 52.0 Å². The number of carbonyl (C=O) groups excluding carboxylic acids is 1. The van der Waals surface area contributed by atoms with Gasteiger partial charge in [-0.05, 0) is 48.4 Å². The molecule has 4 rings (SSSR count). The topological polar surface area (TPSA) is 64.0 Å². The minimum atomic E-state index is -0.245. The summed E-state index contributed by atoms with van der Waals surface area (Å²) in [4.78, 5) is 32.2. The molecule has 1 N–H and O–H groups in total. The van der Waals surface area contributed by atoms with Crippen molar-refractivity contribution in [2.45, 2.75) is 39.7 Å². The molecule has 1 atom stereocenters. The van der Waals surface area contributed by atoms with E-state index in [0.29, 0.717) is 22.0 Å². The Morgan fingerprint density at radius 3 is 2.63 bits per heavy atom. The molecule has 0 radical (unpaired) electrons. The van der Waals surface area contributed by atoms with Crippen LogP contribution in [0.3, 0.4) is 0 Å². The SMILES string of the molecule is CC[C@@H](C)c1ccc(NC(=O)Cn2c(C)nc3scc(-c4cccs4)c3c2=O)cc1. The maximum atomic E-state index is 13.2. The van der Waals surface area contributed by atoms with Gasteiger partial charge in [0.2, 0.25) is 5.91 Å². The number of carbonyl (C=O) groups is 1. The van der Waals surface area contributed by atoms with E-state index >= 15 is 0 Å². The minimum absolute atomic E-state index is 0.0690. The fourth-order valence-corrected chi connectivity index (χ4v) is 5.20. The maximum absolute atomic E-state index is 13.2. The number of rotatable bonds is 6. The Hall–Kier alpha value is -2.77. The molecule has 0 aliphatic carbocycles. The summed E-state index contributed by atoms with van der Waals surface area (Å²) >= 11 is 3.04. The average molecular weight is 438 g/mol. The first-order valence-corrected chi connectivity index (χ1v) is 11.7. The molecule has 0 aliphatic rings. The zero-order valence-electron chi connectivity index (χ0n) is 17.1. The second-order valence-electron chi connectivity index (χ2n) is 7.34. The highest BCUT2D eigenvalue weighted by atomic mass is 32.1. The Bertz CT molecular complexity index is 1240. The second kappa shape index (κ2) is 8.53. The quantitative estimate of drug-likeness (QED) is 0.424. The lowest BCUT2D eigenvalue weighted by molar-refractivity contribution is -0.116. The molecular formula is C23H23N3O2S2. The molecule has 0 saturated carbocycles. The van der Waals surface area contributed by atoms with Crippen LogP contribution >= 0.6 is 22.7 Å². The fourth-order valence-electron chi connectivity index (χ4n) is 3.40. The molecule has 1 amide bonds. The minimum Gasteiger partial charge on any atom is -0.325 e. The summed E-state index contributed by atoms with van der Waals surface area (Å²) in [7, 11) is 0. The summed E-state index contributed by atoms with van der Waals surface area (Å²) in [6.07, 6.45) is 1.07. The van der Waals surface area contributed by atoms with Crippen molar-refractivity contribution < 1.29 is 4.79 Å². The molecule has 30 heavy (non-hydrogen) atoms. The van der Waals surface area contributed by atoms with Gasteiger partial charge in [0.15, 0.2) is 0 Å². The zero-order valence-corrected chi connectivity index (χ0v) is 18.8. The lowest BCUT2D eigenvalue weighted by atomic mass is 9.99. The first-order valence-electron chi connectivity index (χ1n) is 9.90. The number of anilines is 1. The first kappa shape index (κ1) is 20.5. The van der Waals surface area contributed by atoms with Gasteiger partial charge in [-0.2, -0.15) is 0 Å². The van der Waals surface area contributed by atoms with E-state index in [9.17, 15) is 9.59 Å². The van der Waals surface area contributed by atoms with Gasteiger partial charge in [-0.1, -0.05) is 32.0 Å². The number of hydrogen-bond acceptors (Lipinski definition) is 5. The molecule has 0 spiro atoms. The fraction of sp³-hybridized carbons (Fsp3) is 0.261. The molecule has 154 valence electrons. The number of nitrogens with zero attached hydrogens (tertiary/aromatic N) is 2. The third-order valence-electron chi connectivity index (χ3n) is 5.35. The van der Waals surface area contributed by atoms with Crippen molar-refractivity contribution in [3.05, 3.63) is 68.9 Å². The van der Waals surface area contributed by atoms with E-state index in [2.05, 4.69) is 24.1 Å². The number of aryl methyl sites for hydroxylation is 1. The van der Waals surface area contributed by atoms with Crippen molar-refractivity contribution in [2.75, 3.05) is 5.32 Å². The lowest BCUT2D eigenvalue weighted by Crippen LogP contribution is -2.30. The highest BCUT2D eigenvalue weighted by molar-refractivity contribution is 7.18. The molecule has 0 unspecified atom stereocenters. The van der Waals surface area contributed by atoms with Crippen molar-refractivity contribution in [1.82, 2.24) is 9.55 Å². The van der Waals surface area contributed by atoms with Crippen molar-refractivity contribution in [3.8, 4) is 10.4 Å². The van der Waals surface area contributed by atoms with E-state index in [4.69, 9.17) is 0 Å². The molecule has 0 saturated heterocycles. The Morgan fingerprint density at radius 1 is 1.20 bits per heavy atom. The Morgan fingerprint density at radius 2 is 1.97 bits per heavy atom. The summed E-state index contributed by atoms with van der Waals surface area (Å²) in [5, 5.41) is 7.42. The van der Waals surface area contributed by atoms with Gasteiger partial charge >= 0.3 is 0 Å². The number of thiophene rings is 2. The normalized spacial score (nSPS) is 12.2. The van der Waals surface area contributed by atoms with Crippen molar-refractivity contribution in [2.24, 2.45) is 0 Å². The van der Waals surface area contributed by atoms with Gasteiger partial charge in [-0.25, -0.2) is 4.98 Å². The van der Waals surface area contributed by atoms with E-state index in [1.165, 1.54) is 21.5 Å². The largest absolute Gasteiger partial charge is 0.325 e. The molecule has 0 aliphatic heterocycles. The van der Waals surface area contributed by atoms with Crippen LogP contribution in [0.1, 0.15) is 37.6 Å². The number of benzene rings is 1. The highest BCUT2D eigenvalue weighted by Crippen LogP contribution is 2.33. The Kier molecular flexibility index (Phi) is 5.83. The summed E-state index contributed by atoms with van der Waals surface area (Å²) in [6.45, 7) is 6.03. The van der Waals surface area contributed by atoms with Crippen LogP contribution in [0, 0.1) is 6.92 Å². The summed E-state index contributed by atoms with van der Waals surface area (Å²) < 4.78 is 1.45. The summed E-state index contributed by atoms with van der Waals surface area (Å²) in [5.41, 5.74) is 2.68. The monoisotopic (exact) mass is 437 g/mol. The number of aromatic nitrogens is 2. The summed E-state index contributed by atoms with van der Waals surface area (Å²) in [5.74, 6) is 0.775. The van der Waals surface area contributed by atoms with Gasteiger partial charge in [0, 0.05) is 21.5 Å². The van der Waals surface area contributed by atoms with Gasteiger partial charge in [-0.3, -0.25) is 14.2 Å². The van der Waals surface area contributed by atoms with E-state index in [-0.39, 0.29) is 18.0 Å². The van der Waals surface area contributed by atoms with Crippen molar-refractivity contribution in [1.29, 1.82) is 0 Å². The molecule has 0 bridgehead atoms. The van der Waals surface area contributed by atoms with E-state index in [0.717, 1.165) is 22.5 Å². The van der Waals surface area contributed by atoms with Crippen LogP contribution in [-0.4, -0.2) is 15.5 Å². The van der Waals surface area contributed by atoms with Crippen LogP contribution in [0.4, 0.5) is 5.69 Å². The van der Waals surface area contributed by atoms with Crippen LogP contribution in [0.25, 0.3) is 20.7 Å². The van der Waals surface area contributed by atoms with Crippen molar-refractivity contribution >= 4 is 44.5 Å². The molecule has 1 aromatic carbocycles. The van der Waals surface area contributed by atoms with E-state index in [1.54, 1.807) is 18.3 Å². The third kappa shape index (κ3) is 3.95. The number of fused-ring (bicyclic) bond motifs is 1. The van der Waals surface area contributed by atoms with Gasteiger partial charge in [-0.15, -0.1) is 22.7 Å². The molecule has 0 fully saturated rings. The number of amides is 1. The summed E-state index contributed by atoms with van der Waals surface area (Å²) in [6, 6.07) is 11.8. The molecular weight excluding hydrogens is 414 g/mol. The molecule has 4 aromatic rings. The smallest absolute Gasteiger partial charge is 0.263 e. The predicted octanol–water partition coefficient (Wildman–Crippen LogP) is 5.65. The highest BCUT2D eigenvalue weighted by Gasteiger charge is 2.17. The number of hydrogen-bond donors (Lipinski definition) is 1. The second-order valence-corrected chi connectivity index (χ2v) is 9.14. The van der Waals surface area contributed by atoms with Gasteiger partial charge < -0.3 is 5.32 Å². The lowest BCUT2D eigenvalue weighted by Gasteiger charge is -2.12. The van der Waals surface area contributed by atoms with Crippen LogP contribution in [0.2, 0.25) is 0 Å². The molecule has 7 heteroatoms. The maximum Gasteiger partial charge on any atom is 0.263 e. The predicted molar refractivity (Wildman–Crippen MR) is 126 cm³/mol. The Balaban J connectivity index is 1.59. The Labute approximate surface area is 183 Å². The van der Waals surface area contributed by atoms with Gasteiger partial charge in [0.25, 0.3) is 5.56 Å². The van der Waals surface area contributed by atoms with Gasteiger partial charge in [0.05, 0.1) is 5.39 Å². The number of nitrogens with one attached hydrogen (secondary N) is 1. The third-order valence-corrected chi connectivity index (χ3v) is 7.12. The molecule has 5 nitrogen and oxygen atoms in total. The van der Waals surface area contributed by atoms with E-state index < -0.39 is 0 Å². The van der Waals surface area contributed by atoms with Crippen LogP contribution in [0.5, 0.6) is 0 Å². The van der Waals surface area contributed by atoms with Gasteiger partial charge in [0.1, 0.15) is 17.2 Å². The standard InChI is InChI=1S/C23H23N3O2S2/c1-4-14(2)16-7-9-17(10-8-16)25-20(27)12-26-15(3)24-22-21(23(26)28)18(13-30-22)19-6-5-11-29-19/h5-11,13-14H,4,12H2,1-3H3,(H,25,27)/t14-/m1/s1. The zero-order chi connectivity index (χ0) is 21.3.